The number of fused-ring (bicyclic) bond motifs is 1. The van der Waals surface area contributed by atoms with E-state index in [-0.39, 0.29) is 16.5 Å². The molecule has 0 aliphatic carbocycles. The molecule has 148 valence electrons. The molecular weight excluding hydrogens is 408 g/mol. The average Bonchev–Trinajstić information content (AvgIpc) is 3.22. The number of aromatic amines is 1. The standard InChI is InChI=1S/C19H12F4N4OS/c1-10(24-12-6-4-5-11(20)9-12)15-16(19(21,22)23)26-27(17(15)28)18-25-13-7-2-3-8-14(13)29-18/h2-9,26H,1H3. The monoisotopic (exact) mass is 420 g/mol. The van der Waals surface area contributed by atoms with E-state index in [0.29, 0.717) is 5.52 Å². The topological polar surface area (TPSA) is 63.0 Å². The molecule has 0 saturated heterocycles. The quantitative estimate of drug-likeness (QED) is 0.371. The third kappa shape index (κ3) is 3.58. The Morgan fingerprint density at radius 1 is 1.17 bits per heavy atom. The van der Waals surface area contributed by atoms with Gasteiger partial charge in [0, 0.05) is 0 Å². The normalized spacial score (nSPS) is 12.7. The van der Waals surface area contributed by atoms with Crippen LogP contribution in [0, 0.1) is 5.82 Å². The summed E-state index contributed by atoms with van der Waals surface area (Å²) in [6.07, 6.45) is -4.82. The van der Waals surface area contributed by atoms with E-state index in [1.807, 2.05) is 0 Å². The van der Waals surface area contributed by atoms with Gasteiger partial charge in [-0.05, 0) is 37.3 Å². The molecule has 0 fully saturated rings. The second-order valence-electron chi connectivity index (χ2n) is 6.14. The summed E-state index contributed by atoms with van der Waals surface area (Å²) in [6.45, 7) is 1.27. The number of thiazole rings is 1. The van der Waals surface area contributed by atoms with Gasteiger partial charge in [0.15, 0.2) is 5.69 Å². The van der Waals surface area contributed by atoms with Crippen molar-refractivity contribution >= 4 is 33.0 Å². The highest BCUT2D eigenvalue weighted by atomic mass is 32.1. The highest BCUT2D eigenvalue weighted by Gasteiger charge is 2.39. The van der Waals surface area contributed by atoms with Crippen molar-refractivity contribution in [2.75, 3.05) is 0 Å². The fourth-order valence-electron chi connectivity index (χ4n) is 2.86. The number of alkyl halides is 3. The van der Waals surface area contributed by atoms with Crippen LogP contribution in [0.4, 0.5) is 23.2 Å². The summed E-state index contributed by atoms with van der Waals surface area (Å²) in [5.74, 6) is -0.587. The van der Waals surface area contributed by atoms with Crippen molar-refractivity contribution in [3.05, 3.63) is 76.0 Å². The molecule has 0 aliphatic heterocycles. The lowest BCUT2D eigenvalue weighted by Gasteiger charge is -2.06. The van der Waals surface area contributed by atoms with Crippen LogP contribution in [0.5, 0.6) is 0 Å². The number of para-hydroxylation sites is 1. The molecular formula is C19H12F4N4OS. The molecule has 0 saturated carbocycles. The molecule has 29 heavy (non-hydrogen) atoms. The van der Waals surface area contributed by atoms with Crippen molar-refractivity contribution in [3.8, 4) is 5.13 Å². The van der Waals surface area contributed by atoms with E-state index in [1.165, 1.54) is 25.1 Å². The van der Waals surface area contributed by atoms with Gasteiger partial charge in [-0.2, -0.15) is 17.9 Å². The number of hydrogen-bond donors (Lipinski definition) is 1. The van der Waals surface area contributed by atoms with Crippen LogP contribution in [0.25, 0.3) is 15.3 Å². The van der Waals surface area contributed by atoms with Crippen LogP contribution in [0.1, 0.15) is 18.2 Å². The third-order valence-electron chi connectivity index (χ3n) is 4.11. The first-order valence-electron chi connectivity index (χ1n) is 8.33. The fraction of sp³-hybridized carbons (Fsp3) is 0.105. The Hall–Kier alpha value is -3.27. The van der Waals surface area contributed by atoms with Crippen LogP contribution < -0.4 is 5.56 Å². The molecule has 0 unspecified atom stereocenters. The maximum absolute atomic E-state index is 13.6. The molecule has 0 bridgehead atoms. The second kappa shape index (κ2) is 6.96. The van der Waals surface area contributed by atoms with Gasteiger partial charge < -0.3 is 0 Å². The number of benzene rings is 2. The van der Waals surface area contributed by atoms with Gasteiger partial charge in [-0.25, -0.2) is 9.37 Å². The predicted molar refractivity (Wildman–Crippen MR) is 103 cm³/mol. The summed E-state index contributed by atoms with van der Waals surface area (Å²) in [7, 11) is 0. The molecule has 2 aromatic heterocycles. The van der Waals surface area contributed by atoms with Gasteiger partial charge in [0.2, 0.25) is 5.13 Å². The van der Waals surface area contributed by atoms with Gasteiger partial charge in [-0.3, -0.25) is 14.9 Å². The van der Waals surface area contributed by atoms with Crippen molar-refractivity contribution in [1.29, 1.82) is 0 Å². The first kappa shape index (κ1) is 19.1. The van der Waals surface area contributed by atoms with Crippen molar-refractivity contribution in [1.82, 2.24) is 14.8 Å². The van der Waals surface area contributed by atoms with Crippen molar-refractivity contribution in [2.45, 2.75) is 13.1 Å². The summed E-state index contributed by atoms with van der Waals surface area (Å²) in [4.78, 5) is 21.1. The molecule has 10 heteroatoms. The minimum atomic E-state index is -4.82. The molecule has 4 rings (SSSR count). The lowest BCUT2D eigenvalue weighted by Crippen LogP contribution is -2.20. The van der Waals surface area contributed by atoms with E-state index in [1.54, 1.807) is 24.3 Å². The second-order valence-corrected chi connectivity index (χ2v) is 7.15. The smallest absolute Gasteiger partial charge is 0.284 e. The zero-order valence-corrected chi connectivity index (χ0v) is 15.6. The highest BCUT2D eigenvalue weighted by molar-refractivity contribution is 7.20. The van der Waals surface area contributed by atoms with E-state index in [2.05, 4.69) is 15.1 Å². The van der Waals surface area contributed by atoms with Crippen LogP contribution in [0.3, 0.4) is 0 Å². The van der Waals surface area contributed by atoms with E-state index in [4.69, 9.17) is 0 Å². The van der Waals surface area contributed by atoms with Gasteiger partial charge in [0.1, 0.15) is 5.82 Å². The van der Waals surface area contributed by atoms with Crippen LogP contribution in [0.15, 0.2) is 58.3 Å². The molecule has 5 nitrogen and oxygen atoms in total. The minimum absolute atomic E-state index is 0.0755. The SMILES string of the molecule is CC(=Nc1cccc(F)c1)c1c(C(F)(F)F)[nH]n(-c2nc3ccccc3s2)c1=O. The van der Waals surface area contributed by atoms with E-state index in [9.17, 15) is 22.4 Å². The van der Waals surface area contributed by atoms with E-state index < -0.39 is 28.8 Å². The first-order chi connectivity index (χ1) is 13.7. The Bertz CT molecular complexity index is 1270. The van der Waals surface area contributed by atoms with Crippen molar-refractivity contribution in [3.63, 3.8) is 0 Å². The fourth-order valence-corrected chi connectivity index (χ4v) is 3.79. The Labute approximate surface area is 165 Å². The minimum Gasteiger partial charge on any atom is -0.284 e. The third-order valence-corrected chi connectivity index (χ3v) is 5.14. The molecule has 1 N–H and O–H groups in total. The van der Waals surface area contributed by atoms with Crippen LogP contribution in [0.2, 0.25) is 0 Å². The Balaban J connectivity index is 1.90. The van der Waals surface area contributed by atoms with E-state index >= 15 is 0 Å². The molecule has 0 aliphatic rings. The predicted octanol–water partition coefficient (Wildman–Crippen LogP) is 5.07. The van der Waals surface area contributed by atoms with Crippen LogP contribution >= 0.6 is 11.3 Å². The largest absolute Gasteiger partial charge is 0.433 e. The van der Waals surface area contributed by atoms with E-state index in [0.717, 1.165) is 26.8 Å². The van der Waals surface area contributed by atoms with Crippen LogP contribution in [-0.2, 0) is 6.18 Å². The van der Waals surface area contributed by atoms with Crippen LogP contribution in [-0.4, -0.2) is 20.5 Å². The Morgan fingerprint density at radius 3 is 2.62 bits per heavy atom. The summed E-state index contributed by atoms with van der Waals surface area (Å²) in [5, 5.41) is 2.19. The molecule has 0 radical (unpaired) electrons. The van der Waals surface area contributed by atoms with Gasteiger partial charge in [-0.15, -0.1) is 0 Å². The number of rotatable bonds is 3. The van der Waals surface area contributed by atoms with Gasteiger partial charge in [0.25, 0.3) is 5.56 Å². The summed E-state index contributed by atoms with van der Waals surface area (Å²) < 4.78 is 55.7. The number of nitrogens with one attached hydrogen (secondary N) is 1. The molecule has 0 spiro atoms. The summed E-state index contributed by atoms with van der Waals surface area (Å²) >= 11 is 1.08. The van der Waals surface area contributed by atoms with Gasteiger partial charge in [0.05, 0.1) is 27.2 Å². The lowest BCUT2D eigenvalue weighted by atomic mass is 10.1. The number of halogens is 4. The van der Waals surface area contributed by atoms with Gasteiger partial charge in [-0.1, -0.05) is 29.5 Å². The molecule has 0 amide bonds. The lowest BCUT2D eigenvalue weighted by molar-refractivity contribution is -0.141. The zero-order valence-electron chi connectivity index (χ0n) is 14.8. The van der Waals surface area contributed by atoms with Crippen molar-refractivity contribution in [2.24, 2.45) is 4.99 Å². The molecule has 2 heterocycles. The first-order valence-corrected chi connectivity index (χ1v) is 9.15. The highest BCUT2D eigenvalue weighted by Crippen LogP contribution is 2.31. The number of H-pyrrole nitrogens is 1. The number of nitrogens with zero attached hydrogens (tertiary/aromatic N) is 3. The Morgan fingerprint density at radius 2 is 1.93 bits per heavy atom. The van der Waals surface area contributed by atoms with Crippen molar-refractivity contribution < 1.29 is 17.6 Å². The van der Waals surface area contributed by atoms with Gasteiger partial charge >= 0.3 is 6.18 Å². The summed E-state index contributed by atoms with van der Waals surface area (Å²) in [6, 6.07) is 12.0. The average molecular weight is 420 g/mol. The summed E-state index contributed by atoms with van der Waals surface area (Å²) in [5.41, 5.74) is -2.34. The molecule has 0 atom stereocenters. The number of aliphatic imine (C=N–C) groups is 1. The zero-order chi connectivity index (χ0) is 20.8. The maximum atomic E-state index is 13.6. The molecule has 2 aromatic carbocycles. The molecule has 4 aromatic rings. The maximum Gasteiger partial charge on any atom is 0.433 e. The Kier molecular flexibility index (Phi) is 4.58. The number of hydrogen-bond acceptors (Lipinski definition) is 4. The number of aromatic nitrogens is 3.